The Labute approximate surface area is 47.2 Å². The van der Waals surface area contributed by atoms with Crippen LogP contribution < -0.4 is 5.73 Å². The highest BCUT2D eigenvalue weighted by molar-refractivity contribution is 5.72. The normalized spacial score (nSPS) is 8.12. The summed E-state index contributed by atoms with van der Waals surface area (Å²) in [6.07, 6.45) is 1.16. The first-order valence-corrected chi connectivity index (χ1v) is 2.02. The summed E-state index contributed by atoms with van der Waals surface area (Å²) in [5, 5.41) is 8.25. The summed E-state index contributed by atoms with van der Waals surface area (Å²) in [6.45, 7) is 2.80. The molecule has 0 aliphatic heterocycles. The average molecular weight is 116 g/mol. The number of urea groups is 1. The van der Waals surface area contributed by atoms with Crippen LogP contribution in [0.3, 0.4) is 0 Å². The van der Waals surface area contributed by atoms with E-state index in [1.807, 2.05) is 0 Å². The second-order valence-corrected chi connectivity index (χ2v) is 1.13. The average Bonchev–Trinajstić information content (AvgIpc) is 1.69. The molecule has 0 fully saturated rings. The highest BCUT2D eigenvalue weighted by Gasteiger charge is 1.99. The quantitative estimate of drug-likeness (QED) is 0.476. The molecule has 0 spiro atoms. The summed E-state index contributed by atoms with van der Waals surface area (Å²) in [5.41, 5.74) is 4.71. The minimum Gasteiger partial charge on any atom is -0.376 e. The zero-order chi connectivity index (χ0) is 6.57. The smallest absolute Gasteiger partial charge is 0.320 e. The molecule has 4 heteroatoms. The summed E-state index contributed by atoms with van der Waals surface area (Å²) in [5.74, 6) is 0. The molecule has 46 valence electrons. The van der Waals surface area contributed by atoms with Crippen LogP contribution in [0.25, 0.3) is 0 Å². The van der Waals surface area contributed by atoms with Gasteiger partial charge in [0.25, 0.3) is 0 Å². The van der Waals surface area contributed by atoms with Gasteiger partial charge in [-0.05, 0) is 0 Å². The van der Waals surface area contributed by atoms with E-state index in [1.54, 1.807) is 0 Å². The molecule has 0 aromatic heterocycles. The Morgan fingerprint density at radius 1 is 2.00 bits per heavy atom. The third kappa shape index (κ3) is 1.61. The molecule has 0 heterocycles. The maximum absolute atomic E-state index is 10.1. The first-order chi connectivity index (χ1) is 3.72. The molecular weight excluding hydrogens is 108 g/mol. The molecule has 0 aromatic carbocycles. The van der Waals surface area contributed by atoms with Crippen LogP contribution in [0.1, 0.15) is 0 Å². The molecule has 0 aliphatic carbocycles. The van der Waals surface area contributed by atoms with E-state index in [0.29, 0.717) is 0 Å². The van der Waals surface area contributed by atoms with Gasteiger partial charge in [0.2, 0.25) is 0 Å². The lowest BCUT2D eigenvalue weighted by Gasteiger charge is -2.08. The van der Waals surface area contributed by atoms with Gasteiger partial charge >= 0.3 is 6.03 Å². The number of primary amides is 1. The lowest BCUT2D eigenvalue weighted by molar-refractivity contribution is 0.159. The first kappa shape index (κ1) is 6.97. The van der Waals surface area contributed by atoms with Gasteiger partial charge in [0.1, 0.15) is 6.73 Å². The number of hydrogen-bond acceptors (Lipinski definition) is 2. The van der Waals surface area contributed by atoms with Crippen molar-refractivity contribution in [3.63, 3.8) is 0 Å². The predicted octanol–water partition coefficient (Wildman–Crippen LogP) is -0.540. The van der Waals surface area contributed by atoms with E-state index in [9.17, 15) is 4.79 Å². The van der Waals surface area contributed by atoms with Gasteiger partial charge in [0.05, 0.1) is 0 Å². The van der Waals surface area contributed by atoms with E-state index in [0.717, 1.165) is 11.1 Å². The molecule has 0 aliphatic rings. The van der Waals surface area contributed by atoms with E-state index in [4.69, 9.17) is 10.8 Å². The van der Waals surface area contributed by atoms with E-state index < -0.39 is 12.8 Å². The van der Waals surface area contributed by atoms with E-state index >= 15 is 0 Å². The fraction of sp³-hybridized carbons (Fsp3) is 0.250. The van der Waals surface area contributed by atoms with Gasteiger partial charge in [-0.1, -0.05) is 6.58 Å². The van der Waals surface area contributed by atoms with Crippen molar-refractivity contribution in [1.82, 2.24) is 4.90 Å². The van der Waals surface area contributed by atoms with Crippen LogP contribution in [0.4, 0.5) is 4.79 Å². The Kier molecular flexibility index (Phi) is 2.64. The topological polar surface area (TPSA) is 66.6 Å². The van der Waals surface area contributed by atoms with Crippen LogP contribution in [0.5, 0.6) is 0 Å². The van der Waals surface area contributed by atoms with Crippen molar-refractivity contribution in [3.05, 3.63) is 12.8 Å². The third-order valence-corrected chi connectivity index (χ3v) is 0.656. The van der Waals surface area contributed by atoms with Crippen molar-refractivity contribution in [3.8, 4) is 0 Å². The lowest BCUT2D eigenvalue weighted by atomic mass is 10.8. The van der Waals surface area contributed by atoms with Crippen molar-refractivity contribution >= 4 is 6.03 Å². The SMILES string of the molecule is C=CN(CO)C(N)=O. The molecule has 0 rings (SSSR count). The number of nitrogens with two attached hydrogens (primary N) is 1. The highest BCUT2D eigenvalue weighted by Crippen LogP contribution is 1.81. The fourth-order valence-corrected chi connectivity index (χ4v) is 0.217. The van der Waals surface area contributed by atoms with Crippen molar-refractivity contribution in [2.45, 2.75) is 0 Å². The van der Waals surface area contributed by atoms with Crippen molar-refractivity contribution < 1.29 is 9.90 Å². The van der Waals surface area contributed by atoms with Crippen LogP contribution in [0, 0.1) is 0 Å². The minimum atomic E-state index is -0.706. The van der Waals surface area contributed by atoms with Crippen LogP contribution in [0.15, 0.2) is 12.8 Å². The van der Waals surface area contributed by atoms with Crippen molar-refractivity contribution in [1.29, 1.82) is 0 Å². The Bertz CT molecular complexity index is 102. The zero-order valence-electron chi connectivity index (χ0n) is 4.37. The molecule has 2 amide bonds. The Balaban J connectivity index is 3.69. The number of hydrogen-bond donors (Lipinski definition) is 2. The summed E-state index contributed by atoms with van der Waals surface area (Å²) in [4.78, 5) is 11.0. The highest BCUT2D eigenvalue weighted by atomic mass is 16.3. The first-order valence-electron chi connectivity index (χ1n) is 2.02. The molecule has 8 heavy (non-hydrogen) atoms. The molecule has 4 nitrogen and oxygen atoms in total. The number of carbonyl (C=O) groups excluding carboxylic acids is 1. The van der Waals surface area contributed by atoms with Crippen LogP contribution in [0.2, 0.25) is 0 Å². The molecule has 3 N–H and O–H groups in total. The summed E-state index contributed by atoms with van der Waals surface area (Å²) in [7, 11) is 0. The number of carbonyl (C=O) groups is 1. The largest absolute Gasteiger partial charge is 0.376 e. The monoisotopic (exact) mass is 116 g/mol. The van der Waals surface area contributed by atoms with Gasteiger partial charge < -0.3 is 10.8 Å². The van der Waals surface area contributed by atoms with E-state index in [1.165, 1.54) is 0 Å². The number of aliphatic hydroxyl groups excluding tert-OH is 1. The minimum absolute atomic E-state index is 0.418. The summed E-state index contributed by atoms with van der Waals surface area (Å²) >= 11 is 0. The molecule has 0 bridgehead atoms. The number of amides is 2. The lowest BCUT2D eigenvalue weighted by Crippen LogP contribution is -2.31. The third-order valence-electron chi connectivity index (χ3n) is 0.656. The summed E-state index contributed by atoms with van der Waals surface area (Å²) in [6, 6.07) is -0.706. The molecule has 0 aromatic rings. The number of aliphatic hydroxyl groups is 1. The maximum atomic E-state index is 10.1. The second-order valence-electron chi connectivity index (χ2n) is 1.13. The molecule has 0 saturated heterocycles. The van der Waals surface area contributed by atoms with Crippen LogP contribution >= 0.6 is 0 Å². The number of nitrogens with zero attached hydrogens (tertiary/aromatic N) is 1. The van der Waals surface area contributed by atoms with Gasteiger partial charge in [0, 0.05) is 6.20 Å². The van der Waals surface area contributed by atoms with Gasteiger partial charge in [0.15, 0.2) is 0 Å². The van der Waals surface area contributed by atoms with Gasteiger partial charge in [-0.3, -0.25) is 4.90 Å². The van der Waals surface area contributed by atoms with Crippen molar-refractivity contribution in [2.24, 2.45) is 5.73 Å². The predicted molar refractivity (Wildman–Crippen MR) is 28.7 cm³/mol. The standard InChI is InChI=1S/C4H8N2O2/c1-2-6(3-7)4(5)8/h2,7H,1,3H2,(H2,5,8). The molecule has 0 radical (unpaired) electrons. The van der Waals surface area contributed by atoms with E-state index in [2.05, 4.69) is 6.58 Å². The fourth-order valence-electron chi connectivity index (χ4n) is 0.217. The maximum Gasteiger partial charge on any atom is 0.320 e. The van der Waals surface area contributed by atoms with Crippen LogP contribution in [-0.4, -0.2) is 22.8 Å². The zero-order valence-corrected chi connectivity index (χ0v) is 4.37. The molecular formula is C4H8N2O2. The van der Waals surface area contributed by atoms with Gasteiger partial charge in [-0.15, -0.1) is 0 Å². The molecule has 0 atom stereocenters. The summed E-state index contributed by atoms with van der Waals surface area (Å²) < 4.78 is 0. The van der Waals surface area contributed by atoms with Gasteiger partial charge in [-0.25, -0.2) is 4.79 Å². The van der Waals surface area contributed by atoms with Crippen LogP contribution in [-0.2, 0) is 0 Å². The second kappa shape index (κ2) is 3.04. The number of rotatable bonds is 2. The Morgan fingerprint density at radius 3 is 2.50 bits per heavy atom. The molecule has 0 unspecified atom stereocenters. The van der Waals surface area contributed by atoms with Crippen molar-refractivity contribution in [2.75, 3.05) is 6.73 Å². The van der Waals surface area contributed by atoms with Gasteiger partial charge in [-0.2, -0.15) is 0 Å². The molecule has 0 saturated carbocycles. The Morgan fingerprint density at radius 2 is 2.50 bits per heavy atom. The van der Waals surface area contributed by atoms with E-state index in [-0.39, 0.29) is 0 Å². The Hall–Kier alpha value is -1.03.